The molecule has 0 aliphatic carbocycles. The maximum absolute atomic E-state index is 5.92. The van der Waals surface area contributed by atoms with E-state index in [2.05, 4.69) is 30.8 Å². The van der Waals surface area contributed by atoms with E-state index in [4.69, 9.17) is 13.7 Å². The van der Waals surface area contributed by atoms with Crippen molar-refractivity contribution >= 4 is 16.7 Å². The molecule has 0 aromatic carbocycles. The van der Waals surface area contributed by atoms with Crippen molar-refractivity contribution in [3.8, 4) is 11.5 Å². The number of nitrogens with zero attached hydrogens (tertiary/aromatic N) is 6. The van der Waals surface area contributed by atoms with Crippen LogP contribution in [0.1, 0.15) is 31.4 Å². The zero-order chi connectivity index (χ0) is 19.6. The van der Waals surface area contributed by atoms with Gasteiger partial charge in [0.1, 0.15) is 6.26 Å². The summed E-state index contributed by atoms with van der Waals surface area (Å²) < 4.78 is 18.1. The zero-order valence-corrected chi connectivity index (χ0v) is 16.0. The highest BCUT2D eigenvalue weighted by atomic mass is 16.5. The number of rotatable bonds is 6. The molecule has 4 aromatic rings. The summed E-state index contributed by atoms with van der Waals surface area (Å²) in [4.78, 5) is 4.61. The van der Waals surface area contributed by atoms with Gasteiger partial charge < -0.3 is 19.0 Å². The lowest BCUT2D eigenvalue weighted by molar-refractivity contribution is 0.0905. The van der Waals surface area contributed by atoms with Crippen LogP contribution < -0.4 is 5.32 Å². The normalized spacial score (nSPS) is 15.2. The van der Waals surface area contributed by atoms with Gasteiger partial charge in [-0.05, 0) is 19.8 Å². The third-order valence-electron chi connectivity index (χ3n) is 5.06. The standard InChI is InChI=1S/C19H21N7O3/c1-2-26-18-14(11-21-26)17(22-12-3-6-27-7-4-12)15(10-20-18)19-24-23-16(29-19)9-13-5-8-28-25-13/h5,8,10-12H,2-4,6-7,9H2,1H3,(H,20,22). The van der Waals surface area contributed by atoms with E-state index in [0.29, 0.717) is 24.2 Å². The molecule has 0 bridgehead atoms. The summed E-state index contributed by atoms with van der Waals surface area (Å²) in [6.45, 7) is 4.28. The van der Waals surface area contributed by atoms with Crippen LogP contribution >= 0.6 is 0 Å². The van der Waals surface area contributed by atoms with Crippen molar-refractivity contribution < 1.29 is 13.7 Å². The summed E-state index contributed by atoms with van der Waals surface area (Å²) in [6.07, 6.45) is 7.41. The molecule has 1 fully saturated rings. The Bertz CT molecular complexity index is 1100. The summed E-state index contributed by atoms with van der Waals surface area (Å²) >= 11 is 0. The fraction of sp³-hybridized carbons (Fsp3) is 0.421. The van der Waals surface area contributed by atoms with Gasteiger partial charge >= 0.3 is 0 Å². The monoisotopic (exact) mass is 395 g/mol. The van der Waals surface area contributed by atoms with Crippen molar-refractivity contribution in [2.75, 3.05) is 18.5 Å². The van der Waals surface area contributed by atoms with Crippen LogP contribution in [0.3, 0.4) is 0 Å². The van der Waals surface area contributed by atoms with E-state index in [1.54, 1.807) is 12.3 Å². The molecular weight excluding hydrogens is 374 g/mol. The molecule has 0 spiro atoms. The lowest BCUT2D eigenvalue weighted by Gasteiger charge is -2.25. The minimum Gasteiger partial charge on any atom is -0.420 e. The first-order valence-corrected chi connectivity index (χ1v) is 9.72. The lowest BCUT2D eigenvalue weighted by atomic mass is 10.1. The Balaban J connectivity index is 1.53. The van der Waals surface area contributed by atoms with Gasteiger partial charge in [0.15, 0.2) is 5.65 Å². The van der Waals surface area contributed by atoms with Gasteiger partial charge in [0.2, 0.25) is 5.89 Å². The molecule has 0 atom stereocenters. The molecule has 0 saturated carbocycles. The van der Waals surface area contributed by atoms with Crippen LogP contribution in [0.5, 0.6) is 0 Å². The van der Waals surface area contributed by atoms with Crippen LogP contribution in [0.4, 0.5) is 5.69 Å². The number of aromatic nitrogens is 6. The average Bonchev–Trinajstić information content (AvgIpc) is 3.50. The molecule has 10 heteroatoms. The van der Waals surface area contributed by atoms with Crippen LogP contribution in [0, 0.1) is 0 Å². The maximum atomic E-state index is 5.92. The van der Waals surface area contributed by atoms with Gasteiger partial charge in [-0.2, -0.15) is 5.10 Å². The number of pyridine rings is 1. The fourth-order valence-electron chi connectivity index (χ4n) is 3.54. The second-order valence-corrected chi connectivity index (χ2v) is 6.94. The molecule has 4 aromatic heterocycles. The second-order valence-electron chi connectivity index (χ2n) is 6.94. The molecule has 0 unspecified atom stereocenters. The molecule has 150 valence electrons. The molecule has 10 nitrogen and oxygen atoms in total. The van der Waals surface area contributed by atoms with E-state index >= 15 is 0 Å². The highest BCUT2D eigenvalue weighted by Gasteiger charge is 2.22. The Kier molecular flexibility index (Phi) is 4.68. The van der Waals surface area contributed by atoms with Gasteiger partial charge in [-0.15, -0.1) is 10.2 Å². The highest BCUT2D eigenvalue weighted by molar-refractivity contribution is 5.96. The van der Waals surface area contributed by atoms with Crippen molar-refractivity contribution in [1.82, 2.24) is 30.1 Å². The van der Waals surface area contributed by atoms with E-state index in [9.17, 15) is 0 Å². The van der Waals surface area contributed by atoms with Gasteiger partial charge in [-0.1, -0.05) is 5.16 Å². The number of hydrogen-bond acceptors (Lipinski definition) is 9. The number of fused-ring (bicyclic) bond motifs is 1. The molecular formula is C19H21N7O3. The predicted molar refractivity (Wildman–Crippen MR) is 103 cm³/mol. The molecule has 1 aliphatic heterocycles. The summed E-state index contributed by atoms with van der Waals surface area (Å²) in [6, 6.07) is 2.07. The largest absolute Gasteiger partial charge is 0.420 e. The smallest absolute Gasteiger partial charge is 0.251 e. The Morgan fingerprint density at radius 3 is 2.90 bits per heavy atom. The molecule has 29 heavy (non-hydrogen) atoms. The van der Waals surface area contributed by atoms with Crippen LogP contribution in [0.2, 0.25) is 0 Å². The number of ether oxygens (including phenoxy) is 1. The van der Waals surface area contributed by atoms with Crippen molar-refractivity contribution in [2.45, 2.75) is 38.8 Å². The summed E-state index contributed by atoms with van der Waals surface area (Å²) in [5.41, 5.74) is 3.24. The third kappa shape index (κ3) is 3.46. The van der Waals surface area contributed by atoms with E-state index in [0.717, 1.165) is 60.6 Å². The van der Waals surface area contributed by atoms with Gasteiger partial charge in [-0.3, -0.25) is 0 Å². The Morgan fingerprint density at radius 2 is 2.10 bits per heavy atom. The quantitative estimate of drug-likeness (QED) is 0.526. The Hall–Kier alpha value is -3.27. The fourth-order valence-corrected chi connectivity index (χ4v) is 3.54. The minimum atomic E-state index is 0.301. The SMILES string of the molecule is CCn1ncc2c(NC3CCOCC3)c(-c3nnc(Cc4ccon4)o3)cnc21. The topological polar surface area (TPSA) is 117 Å². The zero-order valence-electron chi connectivity index (χ0n) is 16.0. The van der Waals surface area contributed by atoms with E-state index in [-0.39, 0.29) is 0 Å². The molecule has 0 radical (unpaired) electrons. The molecule has 1 saturated heterocycles. The van der Waals surface area contributed by atoms with Crippen molar-refractivity contribution in [2.24, 2.45) is 0 Å². The van der Waals surface area contributed by atoms with Crippen LogP contribution in [-0.4, -0.2) is 49.4 Å². The van der Waals surface area contributed by atoms with Crippen molar-refractivity contribution in [1.29, 1.82) is 0 Å². The van der Waals surface area contributed by atoms with Crippen LogP contribution in [-0.2, 0) is 17.7 Å². The second kappa shape index (κ2) is 7.63. The third-order valence-corrected chi connectivity index (χ3v) is 5.06. The molecule has 5 rings (SSSR count). The molecule has 5 heterocycles. The number of anilines is 1. The predicted octanol–water partition coefficient (Wildman–Crippen LogP) is 2.67. The first-order chi connectivity index (χ1) is 14.3. The average molecular weight is 395 g/mol. The van der Waals surface area contributed by atoms with Gasteiger partial charge in [0.25, 0.3) is 5.89 Å². The Morgan fingerprint density at radius 1 is 1.21 bits per heavy atom. The van der Waals surface area contributed by atoms with Gasteiger partial charge in [0.05, 0.1) is 34.9 Å². The van der Waals surface area contributed by atoms with E-state index in [1.165, 1.54) is 6.26 Å². The number of nitrogens with one attached hydrogen (secondary N) is 1. The maximum Gasteiger partial charge on any atom is 0.251 e. The summed E-state index contributed by atoms with van der Waals surface area (Å²) in [5.74, 6) is 0.881. The van der Waals surface area contributed by atoms with Gasteiger partial charge in [-0.25, -0.2) is 9.67 Å². The number of hydrogen-bond donors (Lipinski definition) is 1. The molecule has 1 aliphatic rings. The van der Waals surface area contributed by atoms with Crippen molar-refractivity contribution in [3.63, 3.8) is 0 Å². The Labute approximate surface area is 166 Å². The number of aryl methyl sites for hydroxylation is 1. The molecule has 0 amide bonds. The summed E-state index contributed by atoms with van der Waals surface area (Å²) in [5, 5.41) is 21.4. The van der Waals surface area contributed by atoms with Crippen LogP contribution in [0.25, 0.3) is 22.5 Å². The first-order valence-electron chi connectivity index (χ1n) is 9.72. The molecule has 1 N–H and O–H groups in total. The summed E-state index contributed by atoms with van der Waals surface area (Å²) in [7, 11) is 0. The van der Waals surface area contributed by atoms with Crippen LogP contribution in [0.15, 0.2) is 33.7 Å². The van der Waals surface area contributed by atoms with Crippen molar-refractivity contribution in [3.05, 3.63) is 36.3 Å². The lowest BCUT2D eigenvalue weighted by Crippen LogP contribution is -2.28. The van der Waals surface area contributed by atoms with E-state index < -0.39 is 0 Å². The minimum absolute atomic E-state index is 0.301. The van der Waals surface area contributed by atoms with Gasteiger partial charge in [0, 0.05) is 38.1 Å². The first kappa shape index (κ1) is 17.8. The highest BCUT2D eigenvalue weighted by Crippen LogP contribution is 2.34. The van der Waals surface area contributed by atoms with E-state index in [1.807, 2.05) is 17.8 Å².